The van der Waals surface area contributed by atoms with Crippen LogP contribution in [0.15, 0.2) is 16.6 Å². The third-order valence-corrected chi connectivity index (χ3v) is 2.11. The lowest BCUT2D eigenvalue weighted by Gasteiger charge is -2.01. The third-order valence-electron chi connectivity index (χ3n) is 1.37. The Hall–Kier alpha value is -0.610. The van der Waals surface area contributed by atoms with E-state index in [0.717, 1.165) is 4.47 Å². The first-order valence-corrected chi connectivity index (χ1v) is 4.81. The first-order valence-electron chi connectivity index (χ1n) is 3.48. The van der Waals surface area contributed by atoms with Gasteiger partial charge in [-0.2, -0.15) is 0 Å². The molecule has 0 bridgehead atoms. The van der Waals surface area contributed by atoms with Gasteiger partial charge in [-0.3, -0.25) is 0 Å². The number of hydrogen-bond acceptors (Lipinski definition) is 3. The second-order valence-electron chi connectivity index (χ2n) is 2.29. The van der Waals surface area contributed by atoms with Gasteiger partial charge in [0, 0.05) is 4.47 Å². The normalized spacial score (nSPS) is 9.77. The van der Waals surface area contributed by atoms with E-state index in [1.165, 1.54) is 7.11 Å². The van der Waals surface area contributed by atoms with Gasteiger partial charge in [0.25, 0.3) is 0 Å². The maximum absolute atomic E-state index is 11.1. The SMILES string of the molecule is COC(=O)c1cc(Br)cc(CCl)n1. The molecule has 70 valence electrons. The summed E-state index contributed by atoms with van der Waals surface area (Å²) in [7, 11) is 1.31. The van der Waals surface area contributed by atoms with Gasteiger partial charge in [0.05, 0.1) is 18.7 Å². The third kappa shape index (κ3) is 2.67. The van der Waals surface area contributed by atoms with Gasteiger partial charge < -0.3 is 4.74 Å². The van der Waals surface area contributed by atoms with E-state index in [4.69, 9.17) is 11.6 Å². The Morgan fingerprint density at radius 3 is 2.92 bits per heavy atom. The number of halogens is 2. The summed E-state index contributed by atoms with van der Waals surface area (Å²) in [6.07, 6.45) is 0. The van der Waals surface area contributed by atoms with Crippen molar-refractivity contribution in [3.8, 4) is 0 Å². The van der Waals surface area contributed by atoms with E-state index < -0.39 is 5.97 Å². The number of alkyl halides is 1. The van der Waals surface area contributed by atoms with Crippen molar-refractivity contribution in [1.29, 1.82) is 0 Å². The maximum atomic E-state index is 11.1. The van der Waals surface area contributed by atoms with Crippen LogP contribution in [0.1, 0.15) is 16.2 Å². The van der Waals surface area contributed by atoms with Gasteiger partial charge in [-0.15, -0.1) is 11.6 Å². The van der Waals surface area contributed by atoms with Crippen molar-refractivity contribution < 1.29 is 9.53 Å². The molecule has 0 spiro atoms. The first-order chi connectivity index (χ1) is 6.17. The van der Waals surface area contributed by atoms with Crippen molar-refractivity contribution in [2.75, 3.05) is 7.11 Å². The molecule has 0 aliphatic heterocycles. The number of ether oxygens (including phenoxy) is 1. The Balaban J connectivity index is 3.08. The molecule has 0 unspecified atom stereocenters. The first kappa shape index (κ1) is 10.5. The van der Waals surface area contributed by atoms with E-state index >= 15 is 0 Å². The molecule has 5 heteroatoms. The molecule has 0 fully saturated rings. The lowest BCUT2D eigenvalue weighted by atomic mass is 10.3. The van der Waals surface area contributed by atoms with Gasteiger partial charge in [0.15, 0.2) is 0 Å². The number of rotatable bonds is 2. The number of carbonyl (C=O) groups is 1. The van der Waals surface area contributed by atoms with E-state index in [2.05, 4.69) is 25.7 Å². The summed E-state index contributed by atoms with van der Waals surface area (Å²) < 4.78 is 5.29. The van der Waals surface area contributed by atoms with Gasteiger partial charge in [0.1, 0.15) is 5.69 Å². The standard InChI is InChI=1S/C8H7BrClNO2/c1-13-8(12)7-3-5(9)2-6(4-10)11-7/h2-3H,4H2,1H3. The number of methoxy groups -OCH3 is 1. The summed E-state index contributed by atoms with van der Waals surface area (Å²) in [6.45, 7) is 0. The lowest BCUT2D eigenvalue weighted by molar-refractivity contribution is 0.0593. The topological polar surface area (TPSA) is 39.2 Å². The highest BCUT2D eigenvalue weighted by Crippen LogP contribution is 2.14. The number of hydrogen-bond donors (Lipinski definition) is 0. The molecule has 0 saturated heterocycles. The van der Waals surface area contributed by atoms with Crippen LogP contribution >= 0.6 is 27.5 Å². The van der Waals surface area contributed by atoms with Crippen LogP contribution in [-0.4, -0.2) is 18.1 Å². The average molecular weight is 265 g/mol. The molecular weight excluding hydrogens is 257 g/mol. The van der Waals surface area contributed by atoms with Crippen molar-refractivity contribution in [2.24, 2.45) is 0 Å². The van der Waals surface area contributed by atoms with Gasteiger partial charge >= 0.3 is 5.97 Å². The van der Waals surface area contributed by atoms with E-state index in [-0.39, 0.29) is 11.6 Å². The second-order valence-corrected chi connectivity index (χ2v) is 3.47. The van der Waals surface area contributed by atoms with Crippen LogP contribution in [0.25, 0.3) is 0 Å². The highest BCUT2D eigenvalue weighted by Gasteiger charge is 2.08. The van der Waals surface area contributed by atoms with Crippen LogP contribution in [0.4, 0.5) is 0 Å². The quantitative estimate of drug-likeness (QED) is 0.608. The molecule has 1 rings (SSSR count). The molecule has 0 radical (unpaired) electrons. The van der Waals surface area contributed by atoms with Crippen molar-refractivity contribution >= 4 is 33.5 Å². The van der Waals surface area contributed by atoms with Crippen molar-refractivity contribution in [2.45, 2.75) is 5.88 Å². The Labute approximate surface area is 89.2 Å². The van der Waals surface area contributed by atoms with E-state index in [9.17, 15) is 4.79 Å². The van der Waals surface area contributed by atoms with Crippen molar-refractivity contribution in [3.05, 3.63) is 28.0 Å². The average Bonchev–Trinajstić information content (AvgIpc) is 2.15. The largest absolute Gasteiger partial charge is 0.464 e. The number of pyridine rings is 1. The van der Waals surface area contributed by atoms with Crippen LogP contribution in [-0.2, 0) is 10.6 Å². The Bertz CT molecular complexity index is 330. The summed E-state index contributed by atoms with van der Waals surface area (Å²) in [5, 5.41) is 0. The summed E-state index contributed by atoms with van der Waals surface area (Å²) in [4.78, 5) is 15.1. The molecule has 0 aromatic carbocycles. The molecule has 1 aromatic heterocycles. The minimum absolute atomic E-state index is 0.257. The highest BCUT2D eigenvalue weighted by molar-refractivity contribution is 9.10. The summed E-state index contributed by atoms with van der Waals surface area (Å²) in [6, 6.07) is 3.33. The Morgan fingerprint density at radius 1 is 1.69 bits per heavy atom. The fourth-order valence-electron chi connectivity index (χ4n) is 0.828. The summed E-state index contributed by atoms with van der Waals surface area (Å²) in [5.74, 6) is -0.198. The number of esters is 1. The van der Waals surface area contributed by atoms with Crippen LogP contribution in [0.5, 0.6) is 0 Å². The fourth-order valence-corrected chi connectivity index (χ4v) is 1.45. The highest BCUT2D eigenvalue weighted by atomic mass is 79.9. The number of carbonyl (C=O) groups excluding carboxylic acids is 1. The van der Waals surface area contributed by atoms with Gasteiger partial charge in [-0.25, -0.2) is 9.78 Å². The minimum atomic E-state index is -0.465. The van der Waals surface area contributed by atoms with Gasteiger partial charge in [0.2, 0.25) is 0 Å². The second kappa shape index (κ2) is 4.58. The molecule has 1 heterocycles. The monoisotopic (exact) mass is 263 g/mol. The lowest BCUT2D eigenvalue weighted by Crippen LogP contribution is -2.05. The van der Waals surface area contributed by atoms with E-state index in [1.54, 1.807) is 12.1 Å². The summed E-state index contributed by atoms with van der Waals surface area (Å²) >= 11 is 8.83. The Kier molecular flexibility index (Phi) is 3.69. The van der Waals surface area contributed by atoms with Crippen LogP contribution in [0.3, 0.4) is 0 Å². The van der Waals surface area contributed by atoms with Crippen LogP contribution in [0.2, 0.25) is 0 Å². The predicted molar refractivity (Wildman–Crippen MR) is 52.8 cm³/mol. The number of nitrogens with zero attached hydrogens (tertiary/aromatic N) is 1. The summed E-state index contributed by atoms with van der Waals surface area (Å²) in [5.41, 5.74) is 0.893. The molecule has 0 aliphatic carbocycles. The van der Waals surface area contributed by atoms with Crippen LogP contribution in [0, 0.1) is 0 Å². The smallest absolute Gasteiger partial charge is 0.356 e. The zero-order valence-corrected chi connectivity index (χ0v) is 9.22. The molecule has 0 aliphatic rings. The minimum Gasteiger partial charge on any atom is -0.464 e. The predicted octanol–water partition coefficient (Wildman–Crippen LogP) is 2.37. The molecule has 3 nitrogen and oxygen atoms in total. The molecule has 1 aromatic rings. The molecule has 0 atom stereocenters. The number of aromatic nitrogens is 1. The van der Waals surface area contributed by atoms with E-state index in [1.807, 2.05) is 0 Å². The molecular formula is C8H7BrClNO2. The van der Waals surface area contributed by atoms with Gasteiger partial charge in [-0.1, -0.05) is 15.9 Å². The van der Waals surface area contributed by atoms with Gasteiger partial charge in [-0.05, 0) is 12.1 Å². The van der Waals surface area contributed by atoms with Crippen molar-refractivity contribution in [1.82, 2.24) is 4.98 Å². The molecule has 0 saturated carbocycles. The van der Waals surface area contributed by atoms with Crippen molar-refractivity contribution in [3.63, 3.8) is 0 Å². The molecule has 0 N–H and O–H groups in total. The zero-order valence-electron chi connectivity index (χ0n) is 6.88. The molecule has 0 amide bonds. The zero-order chi connectivity index (χ0) is 9.84. The Morgan fingerprint density at radius 2 is 2.38 bits per heavy atom. The molecule has 13 heavy (non-hydrogen) atoms. The van der Waals surface area contributed by atoms with Crippen LogP contribution < -0.4 is 0 Å². The maximum Gasteiger partial charge on any atom is 0.356 e. The fraction of sp³-hybridized carbons (Fsp3) is 0.250. The van der Waals surface area contributed by atoms with E-state index in [0.29, 0.717) is 5.69 Å².